The monoisotopic (exact) mass is 171 g/mol. The molecule has 1 aliphatic rings. The molecule has 1 unspecified atom stereocenters. The van der Waals surface area contributed by atoms with E-state index in [0.717, 1.165) is 12.8 Å². The standard InChI is InChI=1S/C9H17NO2/c1-7-4-3-5-8(2)10(7)6-9(11)12/h7-8H,3-6H2,1-2H3,(H,11,12)/t7-,8+. The van der Waals surface area contributed by atoms with Gasteiger partial charge >= 0.3 is 0 Å². The molecule has 70 valence electrons. The van der Waals surface area contributed by atoms with Crippen LogP contribution >= 0.6 is 0 Å². The maximum absolute atomic E-state index is 10.4. The smallest absolute Gasteiger partial charge is 0.118 e. The highest BCUT2D eigenvalue weighted by Crippen LogP contribution is 2.06. The lowest BCUT2D eigenvalue weighted by atomic mass is 9.98. The van der Waals surface area contributed by atoms with Gasteiger partial charge in [0.1, 0.15) is 6.54 Å². The zero-order chi connectivity index (χ0) is 9.14. The number of aliphatic carboxylic acids is 1. The summed E-state index contributed by atoms with van der Waals surface area (Å²) in [5, 5.41) is 10.4. The van der Waals surface area contributed by atoms with E-state index in [1.54, 1.807) is 0 Å². The van der Waals surface area contributed by atoms with Crippen LogP contribution in [0.4, 0.5) is 0 Å². The molecule has 12 heavy (non-hydrogen) atoms. The minimum atomic E-state index is -0.925. The zero-order valence-corrected chi connectivity index (χ0v) is 7.80. The average molecular weight is 171 g/mol. The lowest BCUT2D eigenvalue weighted by molar-refractivity contribution is -0.946. The highest BCUT2D eigenvalue weighted by Gasteiger charge is 2.27. The molecule has 1 fully saturated rings. The molecule has 1 N–H and O–H groups in total. The Morgan fingerprint density at radius 2 is 1.92 bits per heavy atom. The molecule has 1 saturated heterocycles. The predicted molar refractivity (Wildman–Crippen MR) is 43.6 cm³/mol. The molecular formula is C9H17NO2. The Bertz CT molecular complexity index is 160. The van der Waals surface area contributed by atoms with Crippen LogP contribution in [0.1, 0.15) is 33.1 Å². The molecule has 3 atom stereocenters. The van der Waals surface area contributed by atoms with Gasteiger partial charge in [-0.2, -0.15) is 0 Å². The number of carbonyl (C=O) groups excluding carboxylic acids is 1. The summed E-state index contributed by atoms with van der Waals surface area (Å²) in [5.74, 6) is -0.925. The summed E-state index contributed by atoms with van der Waals surface area (Å²) >= 11 is 0. The molecule has 1 aliphatic heterocycles. The van der Waals surface area contributed by atoms with E-state index in [4.69, 9.17) is 0 Å². The molecule has 1 rings (SSSR count). The SMILES string of the molecule is C[C@@H]1CCC[C@H](C)[NH+]1CC(=O)[O-]. The van der Waals surface area contributed by atoms with E-state index >= 15 is 0 Å². The van der Waals surface area contributed by atoms with Gasteiger partial charge in [-0.25, -0.2) is 0 Å². The molecule has 0 spiro atoms. The van der Waals surface area contributed by atoms with Gasteiger partial charge in [-0.15, -0.1) is 0 Å². The lowest BCUT2D eigenvalue weighted by Gasteiger charge is -2.35. The Hall–Kier alpha value is -0.570. The van der Waals surface area contributed by atoms with Crippen LogP contribution in [-0.2, 0) is 4.79 Å². The van der Waals surface area contributed by atoms with Crippen molar-refractivity contribution < 1.29 is 14.8 Å². The van der Waals surface area contributed by atoms with Crippen LogP contribution in [0.3, 0.4) is 0 Å². The molecule has 0 radical (unpaired) electrons. The molecule has 3 nitrogen and oxygen atoms in total. The number of quaternary nitrogens is 1. The third-order valence-electron chi connectivity index (χ3n) is 2.89. The summed E-state index contributed by atoms with van der Waals surface area (Å²) in [6, 6.07) is 0.957. The van der Waals surface area contributed by atoms with Gasteiger partial charge in [-0.1, -0.05) is 0 Å². The van der Waals surface area contributed by atoms with Crippen LogP contribution in [0.2, 0.25) is 0 Å². The highest BCUT2D eigenvalue weighted by atomic mass is 16.4. The Balaban J connectivity index is 2.50. The predicted octanol–water partition coefficient (Wildman–Crippen LogP) is -1.42. The summed E-state index contributed by atoms with van der Waals surface area (Å²) in [4.78, 5) is 11.6. The van der Waals surface area contributed by atoms with E-state index in [1.807, 2.05) is 0 Å². The fourth-order valence-electron chi connectivity index (χ4n) is 2.10. The van der Waals surface area contributed by atoms with E-state index in [-0.39, 0.29) is 6.54 Å². The quantitative estimate of drug-likeness (QED) is 0.554. The van der Waals surface area contributed by atoms with E-state index in [1.165, 1.54) is 11.3 Å². The van der Waals surface area contributed by atoms with Crippen molar-refractivity contribution >= 4 is 5.97 Å². The third kappa shape index (κ3) is 2.21. The van der Waals surface area contributed by atoms with Gasteiger partial charge in [0, 0.05) is 0 Å². The van der Waals surface area contributed by atoms with E-state index in [2.05, 4.69) is 13.8 Å². The van der Waals surface area contributed by atoms with Crippen molar-refractivity contribution in [3.8, 4) is 0 Å². The average Bonchev–Trinajstić information content (AvgIpc) is 1.97. The van der Waals surface area contributed by atoms with Gasteiger partial charge in [0.15, 0.2) is 0 Å². The Morgan fingerprint density at radius 1 is 1.42 bits per heavy atom. The molecule has 3 heteroatoms. The van der Waals surface area contributed by atoms with Crippen LogP contribution in [0.5, 0.6) is 0 Å². The van der Waals surface area contributed by atoms with Crippen LogP contribution in [0.15, 0.2) is 0 Å². The van der Waals surface area contributed by atoms with E-state index < -0.39 is 5.97 Å². The molecule has 0 aromatic heterocycles. The van der Waals surface area contributed by atoms with Crippen molar-refractivity contribution in [2.75, 3.05) is 6.54 Å². The van der Waals surface area contributed by atoms with Gasteiger partial charge in [0.25, 0.3) is 0 Å². The van der Waals surface area contributed by atoms with E-state index in [0.29, 0.717) is 12.1 Å². The second kappa shape index (κ2) is 3.90. The first-order valence-electron chi connectivity index (χ1n) is 4.66. The molecule has 1 heterocycles. The second-order valence-electron chi connectivity index (χ2n) is 3.86. The summed E-state index contributed by atoms with van der Waals surface area (Å²) in [5.41, 5.74) is 0. The summed E-state index contributed by atoms with van der Waals surface area (Å²) in [6.07, 6.45) is 3.53. The van der Waals surface area contributed by atoms with Gasteiger partial charge in [0.2, 0.25) is 0 Å². The summed E-state index contributed by atoms with van der Waals surface area (Å²) in [7, 11) is 0. The van der Waals surface area contributed by atoms with Crippen molar-refractivity contribution in [3.05, 3.63) is 0 Å². The van der Waals surface area contributed by atoms with E-state index in [9.17, 15) is 9.90 Å². The second-order valence-corrected chi connectivity index (χ2v) is 3.86. The first-order chi connectivity index (χ1) is 5.61. The lowest BCUT2D eigenvalue weighted by Crippen LogP contribution is -3.20. The van der Waals surface area contributed by atoms with Gasteiger partial charge in [-0.05, 0) is 33.1 Å². The fourth-order valence-corrected chi connectivity index (χ4v) is 2.10. The third-order valence-corrected chi connectivity index (χ3v) is 2.89. The van der Waals surface area contributed by atoms with Gasteiger partial charge < -0.3 is 14.8 Å². The van der Waals surface area contributed by atoms with Crippen LogP contribution < -0.4 is 10.0 Å². The molecule has 0 aromatic carbocycles. The topological polar surface area (TPSA) is 44.6 Å². The van der Waals surface area contributed by atoms with Crippen LogP contribution in [0, 0.1) is 0 Å². The highest BCUT2D eigenvalue weighted by molar-refractivity contribution is 5.65. The molecule has 0 amide bonds. The van der Waals surface area contributed by atoms with Crippen LogP contribution in [-0.4, -0.2) is 24.6 Å². The molecule has 0 saturated carbocycles. The Kier molecular flexibility index (Phi) is 3.09. The van der Waals surface area contributed by atoms with Crippen molar-refractivity contribution in [2.45, 2.75) is 45.2 Å². The first kappa shape index (κ1) is 9.52. The number of carboxylic acid groups (broad SMARTS) is 1. The number of piperidine rings is 1. The van der Waals surface area contributed by atoms with Crippen molar-refractivity contribution in [1.82, 2.24) is 0 Å². The summed E-state index contributed by atoms with van der Waals surface area (Å²) in [6.45, 7) is 4.41. The number of nitrogens with one attached hydrogen (secondary N) is 1. The minimum Gasteiger partial charge on any atom is -0.544 e. The van der Waals surface area contributed by atoms with Crippen molar-refractivity contribution in [3.63, 3.8) is 0 Å². The molecular weight excluding hydrogens is 154 g/mol. The Morgan fingerprint density at radius 3 is 2.33 bits per heavy atom. The van der Waals surface area contributed by atoms with Crippen molar-refractivity contribution in [2.24, 2.45) is 0 Å². The normalized spacial score (nSPS) is 36.3. The zero-order valence-electron chi connectivity index (χ0n) is 7.80. The molecule has 0 aromatic rings. The first-order valence-corrected chi connectivity index (χ1v) is 4.66. The van der Waals surface area contributed by atoms with Gasteiger partial charge in [-0.3, -0.25) is 0 Å². The maximum atomic E-state index is 10.4. The Labute approximate surface area is 73.4 Å². The van der Waals surface area contributed by atoms with Gasteiger partial charge in [0.05, 0.1) is 18.1 Å². The van der Waals surface area contributed by atoms with Crippen molar-refractivity contribution in [1.29, 1.82) is 0 Å². The molecule has 0 aliphatic carbocycles. The number of hydrogen-bond acceptors (Lipinski definition) is 2. The number of rotatable bonds is 2. The number of hydrogen-bond donors (Lipinski definition) is 1. The summed E-state index contributed by atoms with van der Waals surface area (Å²) < 4.78 is 0. The molecule has 0 bridgehead atoms. The number of carbonyl (C=O) groups is 1. The number of carboxylic acids is 1. The van der Waals surface area contributed by atoms with Crippen LogP contribution in [0.25, 0.3) is 0 Å². The maximum Gasteiger partial charge on any atom is 0.118 e. The largest absolute Gasteiger partial charge is 0.544 e. The number of likely N-dealkylation sites (tertiary alicyclic amines) is 1. The fraction of sp³-hybridized carbons (Fsp3) is 0.889. The minimum absolute atomic E-state index is 0.169.